The second kappa shape index (κ2) is 7.46. The fourth-order valence-electron chi connectivity index (χ4n) is 3.18. The van der Waals surface area contributed by atoms with Crippen molar-refractivity contribution in [2.75, 3.05) is 0 Å². The van der Waals surface area contributed by atoms with Gasteiger partial charge in [0.15, 0.2) is 5.65 Å². The summed E-state index contributed by atoms with van der Waals surface area (Å²) in [6, 6.07) is 16.9. The van der Waals surface area contributed by atoms with Crippen LogP contribution in [0.2, 0.25) is 0 Å². The van der Waals surface area contributed by atoms with E-state index in [1.165, 1.54) is 16.6 Å². The Bertz CT molecular complexity index is 1040. The van der Waals surface area contributed by atoms with Gasteiger partial charge < -0.3 is 4.57 Å². The number of nitrogens with zero attached hydrogens (tertiary/aromatic N) is 4. The topological polar surface area (TPSA) is 43.6 Å². The number of benzene rings is 2. The lowest BCUT2D eigenvalue weighted by Crippen LogP contribution is -2.01. The van der Waals surface area contributed by atoms with Crippen molar-refractivity contribution in [1.29, 1.82) is 0 Å². The second-order valence-corrected chi connectivity index (χ2v) is 7.51. The Morgan fingerprint density at radius 1 is 1.04 bits per heavy atom. The Balaban J connectivity index is 1.74. The molecule has 26 heavy (non-hydrogen) atoms. The highest BCUT2D eigenvalue weighted by atomic mass is 32.2. The van der Waals surface area contributed by atoms with Crippen molar-refractivity contribution in [3.05, 3.63) is 59.7 Å². The number of aryl methyl sites for hydroxylation is 2. The Kier molecular flexibility index (Phi) is 4.89. The van der Waals surface area contributed by atoms with Gasteiger partial charge in [0.25, 0.3) is 0 Å². The fourth-order valence-corrected chi connectivity index (χ4v) is 3.92. The number of thioether (sulfide) groups is 1. The summed E-state index contributed by atoms with van der Waals surface area (Å²) in [5.74, 6) is 0.850. The molecule has 0 radical (unpaired) electrons. The first-order valence-electron chi connectivity index (χ1n) is 9.06. The van der Waals surface area contributed by atoms with E-state index < -0.39 is 0 Å². The summed E-state index contributed by atoms with van der Waals surface area (Å²) in [6.45, 7) is 5.28. The van der Waals surface area contributed by atoms with Gasteiger partial charge in [-0.2, -0.15) is 0 Å². The van der Waals surface area contributed by atoms with Crippen LogP contribution in [0, 0.1) is 6.92 Å². The minimum atomic E-state index is 0.735. The minimum absolute atomic E-state index is 0.735. The van der Waals surface area contributed by atoms with Crippen molar-refractivity contribution in [3.8, 4) is 0 Å². The molecule has 0 fully saturated rings. The van der Waals surface area contributed by atoms with E-state index in [4.69, 9.17) is 4.98 Å². The molecule has 0 bridgehead atoms. The van der Waals surface area contributed by atoms with Gasteiger partial charge >= 0.3 is 0 Å². The normalized spacial score (nSPS) is 11.5. The molecular formula is C21H22N4S. The summed E-state index contributed by atoms with van der Waals surface area (Å²) in [7, 11) is 0. The van der Waals surface area contributed by atoms with Crippen molar-refractivity contribution in [1.82, 2.24) is 19.7 Å². The van der Waals surface area contributed by atoms with Gasteiger partial charge in [-0.3, -0.25) is 0 Å². The summed E-state index contributed by atoms with van der Waals surface area (Å²) >= 11 is 1.64. The molecule has 132 valence electrons. The lowest BCUT2D eigenvalue weighted by molar-refractivity contribution is 0.656. The van der Waals surface area contributed by atoms with Crippen molar-refractivity contribution >= 4 is 33.8 Å². The zero-order chi connectivity index (χ0) is 17.9. The Morgan fingerprint density at radius 2 is 1.88 bits per heavy atom. The molecule has 0 saturated carbocycles. The number of unbranched alkanes of at least 4 members (excludes halogenated alkanes) is 1. The highest BCUT2D eigenvalue weighted by Gasteiger charge is 2.15. The lowest BCUT2D eigenvalue weighted by atomic mass is 10.2. The minimum Gasteiger partial charge on any atom is -0.324 e. The zero-order valence-corrected chi connectivity index (χ0v) is 16.0. The van der Waals surface area contributed by atoms with E-state index in [-0.39, 0.29) is 0 Å². The van der Waals surface area contributed by atoms with Crippen LogP contribution < -0.4 is 0 Å². The van der Waals surface area contributed by atoms with Gasteiger partial charge in [0.05, 0.1) is 5.52 Å². The molecule has 0 N–H and O–H groups in total. The van der Waals surface area contributed by atoms with Crippen molar-refractivity contribution in [2.45, 2.75) is 44.1 Å². The number of rotatable bonds is 6. The van der Waals surface area contributed by atoms with Crippen LogP contribution in [0.5, 0.6) is 0 Å². The highest BCUT2D eigenvalue weighted by molar-refractivity contribution is 7.98. The van der Waals surface area contributed by atoms with Gasteiger partial charge in [-0.05, 0) is 31.0 Å². The van der Waals surface area contributed by atoms with Gasteiger partial charge in [0, 0.05) is 17.7 Å². The van der Waals surface area contributed by atoms with Crippen molar-refractivity contribution in [2.24, 2.45) is 0 Å². The number of aromatic nitrogens is 4. The maximum absolute atomic E-state index is 4.86. The third kappa shape index (κ3) is 3.31. The maximum Gasteiger partial charge on any atom is 0.211 e. The van der Waals surface area contributed by atoms with Crippen LogP contribution in [0.4, 0.5) is 0 Å². The summed E-state index contributed by atoms with van der Waals surface area (Å²) in [6.07, 6.45) is 2.28. The molecule has 2 heterocycles. The molecule has 0 spiro atoms. The molecule has 2 aromatic carbocycles. The first-order chi connectivity index (χ1) is 12.8. The molecule has 4 aromatic rings. The monoisotopic (exact) mass is 362 g/mol. The van der Waals surface area contributed by atoms with E-state index in [0.717, 1.165) is 46.8 Å². The van der Waals surface area contributed by atoms with Gasteiger partial charge in [-0.1, -0.05) is 67.1 Å². The summed E-state index contributed by atoms with van der Waals surface area (Å²) in [4.78, 5) is 4.86. The van der Waals surface area contributed by atoms with Crippen molar-refractivity contribution in [3.63, 3.8) is 0 Å². The molecular weight excluding hydrogens is 340 g/mol. The van der Waals surface area contributed by atoms with Crippen LogP contribution in [-0.4, -0.2) is 19.7 Å². The van der Waals surface area contributed by atoms with Crippen LogP contribution in [0.3, 0.4) is 0 Å². The molecule has 0 unspecified atom stereocenters. The molecule has 0 atom stereocenters. The SMILES string of the molecule is CCCCn1c2ccc(C)cc2c2nnc(SCc3ccccc3)nc21. The van der Waals surface area contributed by atoms with Gasteiger partial charge in [0.1, 0.15) is 5.52 Å². The maximum atomic E-state index is 4.86. The average molecular weight is 363 g/mol. The van der Waals surface area contributed by atoms with E-state index in [1.54, 1.807) is 11.8 Å². The van der Waals surface area contributed by atoms with E-state index in [0.29, 0.717) is 0 Å². The van der Waals surface area contributed by atoms with Crippen LogP contribution in [0.15, 0.2) is 53.7 Å². The second-order valence-electron chi connectivity index (χ2n) is 6.57. The fraction of sp³-hybridized carbons (Fsp3) is 0.286. The number of fused-ring (bicyclic) bond motifs is 3. The van der Waals surface area contributed by atoms with Crippen LogP contribution in [-0.2, 0) is 12.3 Å². The third-order valence-corrected chi connectivity index (χ3v) is 5.46. The van der Waals surface area contributed by atoms with Crippen LogP contribution >= 0.6 is 11.8 Å². The molecule has 0 aliphatic rings. The molecule has 4 nitrogen and oxygen atoms in total. The Labute approximate surface area is 157 Å². The quantitative estimate of drug-likeness (QED) is 0.432. The molecule has 4 rings (SSSR count). The summed E-state index contributed by atoms with van der Waals surface area (Å²) in [5, 5.41) is 10.8. The number of hydrogen-bond acceptors (Lipinski definition) is 4. The summed E-state index contributed by atoms with van der Waals surface area (Å²) in [5.41, 5.74) is 5.55. The standard InChI is InChI=1S/C21H22N4S/c1-3-4-12-25-18-11-10-15(2)13-17(18)19-20(25)22-21(24-23-19)26-14-16-8-6-5-7-9-16/h5-11,13H,3-4,12,14H2,1-2H3. The van der Waals surface area contributed by atoms with Crippen LogP contribution in [0.1, 0.15) is 30.9 Å². The van der Waals surface area contributed by atoms with Crippen LogP contribution in [0.25, 0.3) is 22.1 Å². The average Bonchev–Trinajstić information content (AvgIpc) is 2.97. The molecule has 0 amide bonds. The highest BCUT2D eigenvalue weighted by Crippen LogP contribution is 2.29. The molecule has 2 aromatic heterocycles. The van der Waals surface area contributed by atoms with E-state index in [1.807, 2.05) is 6.07 Å². The predicted molar refractivity (Wildman–Crippen MR) is 108 cm³/mol. The molecule has 0 aliphatic carbocycles. The first-order valence-corrected chi connectivity index (χ1v) is 10.0. The Morgan fingerprint density at radius 3 is 2.69 bits per heavy atom. The van der Waals surface area contributed by atoms with Crippen molar-refractivity contribution < 1.29 is 0 Å². The van der Waals surface area contributed by atoms with E-state index in [9.17, 15) is 0 Å². The number of hydrogen-bond donors (Lipinski definition) is 0. The molecule has 0 saturated heterocycles. The third-order valence-electron chi connectivity index (χ3n) is 4.55. The molecule has 0 aliphatic heterocycles. The largest absolute Gasteiger partial charge is 0.324 e. The zero-order valence-electron chi connectivity index (χ0n) is 15.1. The van der Waals surface area contributed by atoms with Gasteiger partial charge in [0.2, 0.25) is 5.16 Å². The van der Waals surface area contributed by atoms with E-state index in [2.05, 4.69) is 71.1 Å². The lowest BCUT2D eigenvalue weighted by Gasteiger charge is -2.06. The predicted octanol–water partition coefficient (Wildman–Crippen LogP) is 5.38. The van der Waals surface area contributed by atoms with E-state index >= 15 is 0 Å². The summed E-state index contributed by atoms with van der Waals surface area (Å²) < 4.78 is 2.30. The van der Waals surface area contributed by atoms with Gasteiger partial charge in [-0.25, -0.2) is 4.98 Å². The smallest absolute Gasteiger partial charge is 0.211 e. The Hall–Kier alpha value is -2.40. The first kappa shape index (κ1) is 17.0. The van der Waals surface area contributed by atoms with Gasteiger partial charge in [-0.15, -0.1) is 10.2 Å². The molecule has 5 heteroatoms.